The van der Waals surface area contributed by atoms with Crippen LogP contribution < -0.4 is 5.56 Å². The predicted octanol–water partition coefficient (Wildman–Crippen LogP) is 3.80. The van der Waals surface area contributed by atoms with Crippen LogP contribution in [-0.2, 0) is 6.54 Å². The average Bonchev–Trinajstić information content (AvgIpc) is 2.92. The van der Waals surface area contributed by atoms with Gasteiger partial charge < -0.3 is 0 Å². The zero-order chi connectivity index (χ0) is 14.8. The van der Waals surface area contributed by atoms with Crippen LogP contribution in [0.2, 0.25) is 0 Å². The number of thiophene rings is 1. The SMILES string of the molecule is N#CCCn1cnc2cc(-c3ccc(Br)cc3)sc2c1=O. The van der Waals surface area contributed by atoms with Gasteiger partial charge in [-0.3, -0.25) is 9.36 Å². The van der Waals surface area contributed by atoms with Gasteiger partial charge in [-0.2, -0.15) is 5.26 Å². The molecule has 0 saturated heterocycles. The summed E-state index contributed by atoms with van der Waals surface area (Å²) >= 11 is 4.85. The number of hydrogen-bond donors (Lipinski definition) is 0. The fourth-order valence-electron chi connectivity index (χ4n) is 2.03. The van der Waals surface area contributed by atoms with Crippen LogP contribution in [0.3, 0.4) is 0 Å². The van der Waals surface area contributed by atoms with E-state index in [-0.39, 0.29) is 5.56 Å². The zero-order valence-electron chi connectivity index (χ0n) is 10.9. The van der Waals surface area contributed by atoms with Crippen LogP contribution in [0.5, 0.6) is 0 Å². The van der Waals surface area contributed by atoms with Crippen molar-refractivity contribution in [2.45, 2.75) is 13.0 Å². The number of fused-ring (bicyclic) bond motifs is 1. The van der Waals surface area contributed by atoms with Crippen LogP contribution in [-0.4, -0.2) is 9.55 Å². The van der Waals surface area contributed by atoms with Gasteiger partial charge in [-0.05, 0) is 23.8 Å². The molecular weight excluding hydrogens is 350 g/mol. The summed E-state index contributed by atoms with van der Waals surface area (Å²) in [5.74, 6) is 0. The molecule has 3 rings (SSSR count). The molecule has 4 nitrogen and oxygen atoms in total. The number of aryl methyl sites for hydroxylation is 1. The molecule has 0 N–H and O–H groups in total. The summed E-state index contributed by atoms with van der Waals surface area (Å²) < 4.78 is 3.14. The first-order valence-electron chi connectivity index (χ1n) is 6.31. The van der Waals surface area contributed by atoms with Gasteiger partial charge in [0.2, 0.25) is 0 Å². The standard InChI is InChI=1S/C15H10BrN3OS/c16-11-4-2-10(3-5-11)13-8-12-14(21-13)15(20)19(9-18-12)7-1-6-17/h2-5,8-9H,1,7H2. The molecule has 6 heteroatoms. The topological polar surface area (TPSA) is 58.7 Å². The minimum absolute atomic E-state index is 0.0800. The Morgan fingerprint density at radius 1 is 1.33 bits per heavy atom. The third-order valence-corrected chi connectivity index (χ3v) is 4.79. The number of hydrogen-bond acceptors (Lipinski definition) is 4. The van der Waals surface area contributed by atoms with Gasteiger partial charge in [0, 0.05) is 15.9 Å². The van der Waals surface area contributed by atoms with Gasteiger partial charge in [0.05, 0.1) is 24.3 Å². The third-order valence-electron chi connectivity index (χ3n) is 3.10. The zero-order valence-corrected chi connectivity index (χ0v) is 13.3. The molecule has 21 heavy (non-hydrogen) atoms. The van der Waals surface area contributed by atoms with Gasteiger partial charge in [0.15, 0.2) is 0 Å². The van der Waals surface area contributed by atoms with Crippen molar-refractivity contribution in [1.82, 2.24) is 9.55 Å². The molecule has 104 valence electrons. The van der Waals surface area contributed by atoms with E-state index in [0.717, 1.165) is 14.9 Å². The van der Waals surface area contributed by atoms with Crippen molar-refractivity contribution in [1.29, 1.82) is 5.26 Å². The van der Waals surface area contributed by atoms with Gasteiger partial charge >= 0.3 is 0 Å². The second kappa shape index (κ2) is 5.80. The molecule has 0 amide bonds. The van der Waals surface area contributed by atoms with E-state index in [2.05, 4.69) is 20.9 Å². The molecule has 0 unspecified atom stereocenters. The van der Waals surface area contributed by atoms with Crippen molar-refractivity contribution in [3.63, 3.8) is 0 Å². The highest BCUT2D eigenvalue weighted by Crippen LogP contribution is 2.31. The highest BCUT2D eigenvalue weighted by atomic mass is 79.9. The molecule has 0 radical (unpaired) electrons. The van der Waals surface area contributed by atoms with Gasteiger partial charge in [-0.15, -0.1) is 11.3 Å². The summed E-state index contributed by atoms with van der Waals surface area (Å²) in [5.41, 5.74) is 1.68. The van der Waals surface area contributed by atoms with Crippen LogP contribution in [0.15, 0.2) is 45.9 Å². The van der Waals surface area contributed by atoms with E-state index in [9.17, 15) is 4.79 Å². The summed E-state index contributed by atoms with van der Waals surface area (Å²) in [6, 6.07) is 11.9. The molecule has 0 aliphatic rings. The van der Waals surface area contributed by atoms with Crippen molar-refractivity contribution in [2.75, 3.05) is 0 Å². The first-order chi connectivity index (χ1) is 10.2. The second-order valence-electron chi connectivity index (χ2n) is 4.48. The van der Waals surface area contributed by atoms with Crippen LogP contribution in [0.25, 0.3) is 20.7 Å². The van der Waals surface area contributed by atoms with E-state index in [4.69, 9.17) is 5.26 Å². The first-order valence-corrected chi connectivity index (χ1v) is 7.92. The normalized spacial score (nSPS) is 10.7. The van der Waals surface area contributed by atoms with Gasteiger partial charge in [0.1, 0.15) is 4.70 Å². The van der Waals surface area contributed by atoms with Crippen molar-refractivity contribution < 1.29 is 0 Å². The minimum Gasteiger partial charge on any atom is -0.297 e. The molecule has 0 saturated carbocycles. The lowest BCUT2D eigenvalue weighted by Gasteiger charge is -2.00. The summed E-state index contributed by atoms with van der Waals surface area (Å²) in [7, 11) is 0. The van der Waals surface area contributed by atoms with Gasteiger partial charge in [0.25, 0.3) is 5.56 Å². The Balaban J connectivity index is 2.08. The quantitative estimate of drug-likeness (QED) is 0.714. The second-order valence-corrected chi connectivity index (χ2v) is 6.45. The fourth-order valence-corrected chi connectivity index (χ4v) is 3.36. The highest BCUT2D eigenvalue weighted by molar-refractivity contribution is 9.10. The predicted molar refractivity (Wildman–Crippen MR) is 87.2 cm³/mol. The smallest absolute Gasteiger partial charge is 0.271 e. The molecule has 2 heterocycles. The number of nitriles is 1. The summed E-state index contributed by atoms with van der Waals surface area (Å²) in [5, 5.41) is 8.62. The van der Waals surface area contributed by atoms with Crippen LogP contribution in [0, 0.1) is 11.3 Å². The Labute approximate surface area is 133 Å². The minimum atomic E-state index is -0.0800. The molecule has 3 aromatic rings. The summed E-state index contributed by atoms with van der Waals surface area (Å²) in [4.78, 5) is 17.7. The number of benzene rings is 1. The fraction of sp³-hybridized carbons (Fsp3) is 0.133. The lowest BCUT2D eigenvalue weighted by molar-refractivity contribution is 0.679. The van der Waals surface area contributed by atoms with Crippen molar-refractivity contribution in [3.05, 3.63) is 51.5 Å². The summed E-state index contributed by atoms with van der Waals surface area (Å²) in [6.45, 7) is 0.379. The summed E-state index contributed by atoms with van der Waals surface area (Å²) in [6.07, 6.45) is 1.82. The van der Waals surface area contributed by atoms with Gasteiger partial charge in [-0.25, -0.2) is 4.98 Å². The van der Waals surface area contributed by atoms with Crippen LogP contribution in [0.4, 0.5) is 0 Å². The Kier molecular flexibility index (Phi) is 3.86. The Hall–Kier alpha value is -1.97. The Bertz CT molecular complexity index is 890. The van der Waals surface area contributed by atoms with Crippen molar-refractivity contribution >= 4 is 37.5 Å². The maximum Gasteiger partial charge on any atom is 0.271 e. The molecule has 0 aliphatic heterocycles. The molecular formula is C15H10BrN3OS. The molecule has 0 fully saturated rings. The van der Waals surface area contributed by atoms with E-state index < -0.39 is 0 Å². The Morgan fingerprint density at radius 2 is 2.10 bits per heavy atom. The van der Waals surface area contributed by atoms with E-state index in [1.807, 2.05) is 36.4 Å². The van der Waals surface area contributed by atoms with Gasteiger partial charge in [-0.1, -0.05) is 28.1 Å². The van der Waals surface area contributed by atoms with E-state index in [0.29, 0.717) is 23.2 Å². The van der Waals surface area contributed by atoms with Crippen LogP contribution >= 0.6 is 27.3 Å². The largest absolute Gasteiger partial charge is 0.297 e. The van der Waals surface area contributed by atoms with E-state index in [1.165, 1.54) is 22.2 Å². The van der Waals surface area contributed by atoms with Crippen LogP contribution in [0.1, 0.15) is 6.42 Å². The number of rotatable bonds is 3. The van der Waals surface area contributed by atoms with E-state index >= 15 is 0 Å². The molecule has 0 atom stereocenters. The number of nitrogens with zero attached hydrogens (tertiary/aromatic N) is 3. The van der Waals surface area contributed by atoms with Crippen molar-refractivity contribution in [2.24, 2.45) is 0 Å². The number of halogens is 1. The number of aromatic nitrogens is 2. The van der Waals surface area contributed by atoms with Crippen molar-refractivity contribution in [3.8, 4) is 16.5 Å². The third kappa shape index (κ3) is 2.75. The average molecular weight is 360 g/mol. The first kappa shape index (κ1) is 14.0. The lowest BCUT2D eigenvalue weighted by Crippen LogP contribution is -2.19. The monoisotopic (exact) mass is 359 g/mol. The molecule has 0 aliphatic carbocycles. The maximum atomic E-state index is 12.3. The Morgan fingerprint density at radius 3 is 2.81 bits per heavy atom. The maximum absolute atomic E-state index is 12.3. The molecule has 0 spiro atoms. The lowest BCUT2D eigenvalue weighted by atomic mass is 10.2. The highest BCUT2D eigenvalue weighted by Gasteiger charge is 2.10. The van der Waals surface area contributed by atoms with E-state index in [1.54, 1.807) is 0 Å². The molecule has 1 aromatic carbocycles. The molecule has 2 aromatic heterocycles. The molecule has 0 bridgehead atoms.